The van der Waals surface area contributed by atoms with Crippen molar-refractivity contribution in [1.82, 2.24) is 10.2 Å². The van der Waals surface area contributed by atoms with Crippen molar-refractivity contribution in [3.63, 3.8) is 0 Å². The first kappa shape index (κ1) is 13.1. The molecule has 1 rings (SSSR count). The van der Waals surface area contributed by atoms with E-state index in [0.717, 1.165) is 11.5 Å². The highest BCUT2D eigenvalue weighted by atomic mass is 32.2. The largest absolute Gasteiger partial charge is 0.479 e. The summed E-state index contributed by atoms with van der Waals surface area (Å²) < 4.78 is 0. The molecule has 1 fully saturated rings. The smallest absolute Gasteiger partial charge is 0.334 e. The fourth-order valence-corrected chi connectivity index (χ4v) is 2.42. The summed E-state index contributed by atoms with van der Waals surface area (Å²) in [6.07, 6.45) is -1.54. The first-order chi connectivity index (χ1) is 7.52. The molecular weight excluding hydrogens is 232 g/mol. The molecule has 0 aliphatic carbocycles. The fourth-order valence-electron chi connectivity index (χ4n) is 1.40. The van der Waals surface area contributed by atoms with Crippen LogP contribution in [-0.4, -0.2) is 63.9 Å². The molecule has 1 saturated heterocycles. The van der Waals surface area contributed by atoms with Gasteiger partial charge < -0.3 is 20.4 Å². The molecule has 2 unspecified atom stereocenters. The number of carbonyl (C=O) groups excluding carboxylic acids is 1. The Kier molecular flexibility index (Phi) is 4.88. The molecule has 0 bridgehead atoms. The predicted molar refractivity (Wildman–Crippen MR) is 60.5 cm³/mol. The van der Waals surface area contributed by atoms with E-state index in [2.05, 4.69) is 5.32 Å². The number of nitrogens with one attached hydrogen (secondary N) is 1. The van der Waals surface area contributed by atoms with E-state index in [-0.39, 0.29) is 18.6 Å². The number of thioether (sulfide) groups is 1. The number of rotatable bonds is 3. The van der Waals surface area contributed by atoms with Crippen molar-refractivity contribution in [2.24, 2.45) is 0 Å². The second kappa shape index (κ2) is 5.95. The molecule has 3 N–H and O–H groups in total. The lowest BCUT2D eigenvalue weighted by atomic mass is 10.3. The lowest BCUT2D eigenvalue weighted by molar-refractivity contribution is -0.146. The van der Waals surface area contributed by atoms with Crippen LogP contribution < -0.4 is 5.32 Å². The molecule has 0 aromatic carbocycles. The number of aliphatic carboxylic acids is 1. The van der Waals surface area contributed by atoms with Crippen LogP contribution in [0.5, 0.6) is 0 Å². The zero-order valence-electron chi connectivity index (χ0n) is 9.05. The zero-order chi connectivity index (χ0) is 12.1. The maximum atomic E-state index is 11.6. The quantitative estimate of drug-likeness (QED) is 0.631. The van der Waals surface area contributed by atoms with Crippen LogP contribution in [0.3, 0.4) is 0 Å². The van der Waals surface area contributed by atoms with Crippen LogP contribution in [0.4, 0.5) is 4.79 Å². The molecule has 0 spiro atoms. The van der Waals surface area contributed by atoms with E-state index in [1.807, 2.05) is 6.92 Å². The molecule has 1 aliphatic rings. The number of carboxylic acids is 1. The topological polar surface area (TPSA) is 89.9 Å². The number of nitrogens with zero attached hydrogens (tertiary/aromatic N) is 1. The van der Waals surface area contributed by atoms with E-state index in [1.165, 1.54) is 0 Å². The lowest BCUT2D eigenvalue weighted by Gasteiger charge is -2.33. The summed E-state index contributed by atoms with van der Waals surface area (Å²) in [6, 6.07) is -0.172. The summed E-state index contributed by atoms with van der Waals surface area (Å²) in [5, 5.41) is 19.9. The summed E-state index contributed by atoms with van der Waals surface area (Å²) in [6.45, 7) is 2.34. The minimum absolute atomic E-state index is 0.140. The molecule has 92 valence electrons. The van der Waals surface area contributed by atoms with Crippen LogP contribution in [0.2, 0.25) is 0 Å². The highest BCUT2D eigenvalue weighted by Gasteiger charge is 2.24. The highest BCUT2D eigenvalue weighted by Crippen LogP contribution is 2.15. The molecule has 1 aliphatic heterocycles. The maximum absolute atomic E-state index is 11.6. The lowest BCUT2D eigenvalue weighted by Crippen LogP contribution is -2.51. The Balaban J connectivity index is 2.36. The van der Waals surface area contributed by atoms with Crippen molar-refractivity contribution in [2.45, 2.75) is 19.1 Å². The normalized spacial score (nSPS) is 22.6. The second-order valence-corrected chi connectivity index (χ2v) is 4.81. The van der Waals surface area contributed by atoms with Gasteiger partial charge in [-0.25, -0.2) is 9.59 Å². The minimum atomic E-state index is -1.54. The number of aliphatic hydroxyl groups excluding tert-OH is 1. The highest BCUT2D eigenvalue weighted by molar-refractivity contribution is 7.99. The van der Waals surface area contributed by atoms with Crippen LogP contribution >= 0.6 is 11.8 Å². The average molecular weight is 248 g/mol. The molecular formula is C9H16N2O4S. The third-order valence-corrected chi connectivity index (χ3v) is 3.55. The van der Waals surface area contributed by atoms with Gasteiger partial charge in [0.25, 0.3) is 0 Å². The van der Waals surface area contributed by atoms with Crippen molar-refractivity contribution >= 4 is 23.8 Å². The number of urea groups is 1. The van der Waals surface area contributed by atoms with Gasteiger partial charge in [0.1, 0.15) is 0 Å². The van der Waals surface area contributed by atoms with Crippen LogP contribution in [0, 0.1) is 0 Å². The van der Waals surface area contributed by atoms with Gasteiger partial charge in [-0.05, 0) is 6.92 Å². The van der Waals surface area contributed by atoms with Crippen molar-refractivity contribution in [1.29, 1.82) is 0 Å². The maximum Gasteiger partial charge on any atom is 0.334 e. The summed E-state index contributed by atoms with van der Waals surface area (Å²) in [5.41, 5.74) is 0. The van der Waals surface area contributed by atoms with E-state index < -0.39 is 12.1 Å². The van der Waals surface area contributed by atoms with Crippen LogP contribution in [0.15, 0.2) is 0 Å². The number of amides is 2. The average Bonchev–Trinajstić information content (AvgIpc) is 2.25. The molecule has 6 nitrogen and oxygen atoms in total. The van der Waals surface area contributed by atoms with Crippen molar-refractivity contribution in [3.05, 3.63) is 0 Å². The Bertz CT molecular complexity index is 274. The monoisotopic (exact) mass is 248 g/mol. The van der Waals surface area contributed by atoms with Gasteiger partial charge in [-0.2, -0.15) is 11.8 Å². The molecule has 16 heavy (non-hydrogen) atoms. The summed E-state index contributed by atoms with van der Waals surface area (Å²) >= 11 is 1.79. The Morgan fingerprint density at radius 3 is 2.88 bits per heavy atom. The molecule has 0 aromatic heterocycles. The van der Waals surface area contributed by atoms with Crippen molar-refractivity contribution in [3.8, 4) is 0 Å². The first-order valence-electron chi connectivity index (χ1n) is 5.05. The van der Waals surface area contributed by atoms with E-state index in [1.54, 1.807) is 16.7 Å². The summed E-state index contributed by atoms with van der Waals surface area (Å²) in [5.74, 6) is 0.441. The Morgan fingerprint density at radius 2 is 2.31 bits per heavy atom. The third kappa shape index (κ3) is 3.57. The predicted octanol–water partition coefficient (Wildman–Crippen LogP) is -0.421. The molecule has 0 saturated carbocycles. The van der Waals surface area contributed by atoms with Gasteiger partial charge in [0.05, 0.1) is 6.54 Å². The SMILES string of the molecule is CC1CSCCN1C(=O)NCC(O)C(=O)O. The van der Waals surface area contributed by atoms with Crippen molar-refractivity contribution < 1.29 is 19.8 Å². The van der Waals surface area contributed by atoms with Gasteiger partial charge in [-0.1, -0.05) is 0 Å². The Hall–Kier alpha value is -0.950. The summed E-state index contributed by atoms with van der Waals surface area (Å²) in [4.78, 5) is 23.6. The molecule has 1 heterocycles. The van der Waals surface area contributed by atoms with E-state index in [0.29, 0.717) is 6.54 Å². The number of hydrogen-bond donors (Lipinski definition) is 3. The Labute approximate surface area is 98.0 Å². The van der Waals surface area contributed by atoms with Gasteiger partial charge in [0.15, 0.2) is 6.10 Å². The Morgan fingerprint density at radius 1 is 1.62 bits per heavy atom. The molecule has 2 atom stereocenters. The van der Waals surface area contributed by atoms with Gasteiger partial charge in [0, 0.05) is 24.1 Å². The van der Waals surface area contributed by atoms with Crippen LogP contribution in [-0.2, 0) is 4.79 Å². The van der Waals surface area contributed by atoms with E-state index >= 15 is 0 Å². The first-order valence-corrected chi connectivity index (χ1v) is 6.21. The zero-order valence-corrected chi connectivity index (χ0v) is 9.87. The number of carboxylic acid groups (broad SMARTS) is 1. The van der Waals surface area contributed by atoms with E-state index in [9.17, 15) is 9.59 Å². The van der Waals surface area contributed by atoms with Gasteiger partial charge in [-0.3, -0.25) is 0 Å². The second-order valence-electron chi connectivity index (χ2n) is 3.66. The molecule has 2 amide bonds. The number of carbonyl (C=O) groups is 2. The number of hydrogen-bond acceptors (Lipinski definition) is 4. The fraction of sp³-hybridized carbons (Fsp3) is 0.778. The minimum Gasteiger partial charge on any atom is -0.479 e. The molecule has 0 aromatic rings. The summed E-state index contributed by atoms with van der Waals surface area (Å²) in [7, 11) is 0. The van der Waals surface area contributed by atoms with Gasteiger partial charge in [-0.15, -0.1) is 0 Å². The van der Waals surface area contributed by atoms with Gasteiger partial charge >= 0.3 is 12.0 Å². The number of aliphatic hydroxyl groups is 1. The standard InChI is InChI=1S/C9H16N2O4S/c1-6-5-16-3-2-11(6)9(15)10-4-7(12)8(13)14/h6-7,12H,2-5H2,1H3,(H,10,15)(H,13,14). The van der Waals surface area contributed by atoms with Gasteiger partial charge in [0.2, 0.25) is 0 Å². The molecule has 0 radical (unpaired) electrons. The molecule has 7 heteroatoms. The van der Waals surface area contributed by atoms with E-state index in [4.69, 9.17) is 10.2 Å². The van der Waals surface area contributed by atoms with Crippen LogP contribution in [0.25, 0.3) is 0 Å². The van der Waals surface area contributed by atoms with Crippen molar-refractivity contribution in [2.75, 3.05) is 24.6 Å². The van der Waals surface area contributed by atoms with Crippen LogP contribution in [0.1, 0.15) is 6.92 Å². The third-order valence-electron chi connectivity index (χ3n) is 2.36.